The molecule has 0 spiro atoms. The van der Waals surface area contributed by atoms with Crippen LogP contribution in [0.1, 0.15) is 45.0 Å². The zero-order valence-electron chi connectivity index (χ0n) is 13.8. The zero-order chi connectivity index (χ0) is 16.8. The van der Waals surface area contributed by atoms with E-state index in [1.54, 1.807) is 17.4 Å². The Kier molecular flexibility index (Phi) is 3.73. The number of hydrogen-bond donors (Lipinski definition) is 3. The fraction of sp³-hybridized carbons (Fsp3) is 0.389. The van der Waals surface area contributed by atoms with Crippen molar-refractivity contribution < 1.29 is 9.90 Å². The van der Waals surface area contributed by atoms with Crippen LogP contribution in [0.4, 0.5) is 5.00 Å². The molecular formula is C18H21N3O2S. The van der Waals surface area contributed by atoms with E-state index in [0.717, 1.165) is 42.2 Å². The molecule has 3 heterocycles. The summed E-state index contributed by atoms with van der Waals surface area (Å²) in [6.45, 7) is 7.09. The third-order valence-corrected chi connectivity index (χ3v) is 6.00. The first-order chi connectivity index (χ1) is 11.6. The molecule has 24 heavy (non-hydrogen) atoms. The predicted octanol–water partition coefficient (Wildman–Crippen LogP) is 2.99. The summed E-state index contributed by atoms with van der Waals surface area (Å²) in [6, 6.07) is 5.44. The van der Waals surface area contributed by atoms with E-state index in [1.807, 2.05) is 19.1 Å². The molecule has 0 aliphatic carbocycles. The van der Waals surface area contributed by atoms with Gasteiger partial charge in [0.25, 0.3) is 5.91 Å². The van der Waals surface area contributed by atoms with Crippen molar-refractivity contribution in [3.8, 4) is 5.75 Å². The van der Waals surface area contributed by atoms with Gasteiger partial charge in [-0.3, -0.25) is 9.69 Å². The molecule has 1 amide bonds. The normalized spacial score (nSPS) is 20.1. The summed E-state index contributed by atoms with van der Waals surface area (Å²) >= 11 is 1.67. The molecule has 2 aromatic rings. The van der Waals surface area contributed by atoms with Crippen LogP contribution < -0.4 is 10.6 Å². The summed E-state index contributed by atoms with van der Waals surface area (Å²) in [5.41, 5.74) is 3.75. The second-order valence-electron chi connectivity index (χ2n) is 6.44. The van der Waals surface area contributed by atoms with E-state index in [2.05, 4.69) is 22.5 Å². The molecule has 0 saturated carbocycles. The van der Waals surface area contributed by atoms with Gasteiger partial charge in [0.05, 0.1) is 5.56 Å². The van der Waals surface area contributed by atoms with Crippen LogP contribution in [0.2, 0.25) is 0 Å². The lowest BCUT2D eigenvalue weighted by molar-refractivity contribution is 0.0934. The molecule has 1 aromatic heterocycles. The molecule has 1 atom stereocenters. The predicted molar refractivity (Wildman–Crippen MR) is 95.6 cm³/mol. The average Bonchev–Trinajstić information content (AvgIpc) is 2.94. The van der Waals surface area contributed by atoms with Crippen LogP contribution in [0, 0.1) is 6.92 Å². The summed E-state index contributed by atoms with van der Waals surface area (Å²) in [6.07, 6.45) is 0.525. The molecule has 0 saturated heterocycles. The minimum atomic E-state index is -0.396. The third-order valence-electron chi connectivity index (χ3n) is 4.86. The highest BCUT2D eigenvalue weighted by molar-refractivity contribution is 7.16. The lowest BCUT2D eigenvalue weighted by Crippen LogP contribution is -2.39. The van der Waals surface area contributed by atoms with Gasteiger partial charge in [0.2, 0.25) is 0 Å². The molecule has 3 N–H and O–H groups in total. The summed E-state index contributed by atoms with van der Waals surface area (Å²) in [7, 11) is 0. The molecular weight excluding hydrogens is 322 g/mol. The van der Waals surface area contributed by atoms with E-state index in [-0.39, 0.29) is 11.7 Å². The Labute approximate surface area is 145 Å². The van der Waals surface area contributed by atoms with Gasteiger partial charge in [0, 0.05) is 23.5 Å². The quantitative estimate of drug-likeness (QED) is 0.784. The van der Waals surface area contributed by atoms with Crippen molar-refractivity contribution in [2.45, 2.75) is 33.0 Å². The van der Waals surface area contributed by atoms with E-state index in [9.17, 15) is 9.90 Å². The maximum absolute atomic E-state index is 12.7. The molecule has 6 heteroatoms. The molecule has 1 aromatic carbocycles. The van der Waals surface area contributed by atoms with Gasteiger partial charge in [0.1, 0.15) is 16.9 Å². The minimum Gasteiger partial charge on any atom is -0.508 e. The number of anilines is 1. The topological polar surface area (TPSA) is 64.6 Å². The van der Waals surface area contributed by atoms with Crippen LogP contribution in [0.3, 0.4) is 0 Å². The van der Waals surface area contributed by atoms with Gasteiger partial charge in [-0.2, -0.15) is 0 Å². The van der Waals surface area contributed by atoms with Crippen LogP contribution in [0.25, 0.3) is 0 Å². The van der Waals surface area contributed by atoms with Crippen molar-refractivity contribution in [2.75, 3.05) is 18.4 Å². The Morgan fingerprint density at radius 2 is 2.21 bits per heavy atom. The molecule has 2 aliphatic rings. The maximum atomic E-state index is 12.7. The number of amides is 1. The van der Waals surface area contributed by atoms with Crippen molar-refractivity contribution in [1.29, 1.82) is 0 Å². The first-order valence-corrected chi connectivity index (χ1v) is 9.12. The van der Waals surface area contributed by atoms with Crippen molar-refractivity contribution in [3.05, 3.63) is 45.3 Å². The number of hydrogen-bond acceptors (Lipinski definition) is 5. The Hall–Kier alpha value is -2.05. The van der Waals surface area contributed by atoms with Gasteiger partial charge in [-0.05, 0) is 37.6 Å². The Balaban J connectivity index is 1.70. The molecule has 2 aliphatic heterocycles. The van der Waals surface area contributed by atoms with E-state index in [1.165, 1.54) is 10.4 Å². The number of likely N-dealkylation sites (N-methyl/N-ethyl adjacent to an activating group) is 1. The number of aryl methyl sites for hydroxylation is 1. The number of phenols is 1. The van der Waals surface area contributed by atoms with Crippen molar-refractivity contribution >= 4 is 22.2 Å². The van der Waals surface area contributed by atoms with Gasteiger partial charge in [-0.25, -0.2) is 0 Å². The first kappa shape index (κ1) is 15.5. The number of benzene rings is 1. The molecule has 1 unspecified atom stereocenters. The van der Waals surface area contributed by atoms with Crippen LogP contribution in [0.15, 0.2) is 18.2 Å². The van der Waals surface area contributed by atoms with Crippen LogP contribution >= 0.6 is 11.3 Å². The molecule has 0 bridgehead atoms. The van der Waals surface area contributed by atoms with Crippen LogP contribution in [-0.2, 0) is 13.0 Å². The van der Waals surface area contributed by atoms with Crippen molar-refractivity contribution in [2.24, 2.45) is 0 Å². The third kappa shape index (κ3) is 2.46. The summed E-state index contributed by atoms with van der Waals surface area (Å²) in [5.74, 6) is 0.150. The zero-order valence-corrected chi connectivity index (χ0v) is 14.7. The molecule has 126 valence electrons. The number of nitrogens with one attached hydrogen (secondary N) is 2. The number of rotatable bonds is 2. The molecule has 0 fully saturated rings. The van der Waals surface area contributed by atoms with Gasteiger partial charge < -0.3 is 15.7 Å². The van der Waals surface area contributed by atoms with Gasteiger partial charge >= 0.3 is 0 Å². The van der Waals surface area contributed by atoms with Gasteiger partial charge in [-0.1, -0.05) is 18.6 Å². The van der Waals surface area contributed by atoms with E-state index in [4.69, 9.17) is 0 Å². The SMILES string of the molecule is CCN1CCc2c(sc3c2C(=O)NC(c2cc(C)ccc2O)N3)C1. The monoisotopic (exact) mass is 343 g/mol. The Morgan fingerprint density at radius 3 is 3.00 bits per heavy atom. The Bertz CT molecular complexity index is 815. The molecule has 4 rings (SSSR count). The number of aromatic hydroxyl groups is 1. The van der Waals surface area contributed by atoms with Gasteiger partial charge in [-0.15, -0.1) is 11.3 Å². The Morgan fingerprint density at radius 1 is 1.38 bits per heavy atom. The number of nitrogens with zero attached hydrogens (tertiary/aromatic N) is 1. The van der Waals surface area contributed by atoms with E-state index < -0.39 is 6.17 Å². The number of carbonyl (C=O) groups excluding carboxylic acids is 1. The minimum absolute atomic E-state index is 0.0443. The first-order valence-electron chi connectivity index (χ1n) is 8.30. The molecule has 0 radical (unpaired) electrons. The van der Waals surface area contributed by atoms with E-state index >= 15 is 0 Å². The lowest BCUT2D eigenvalue weighted by atomic mass is 10.00. The highest BCUT2D eigenvalue weighted by atomic mass is 32.1. The highest BCUT2D eigenvalue weighted by Crippen LogP contribution is 2.41. The summed E-state index contributed by atoms with van der Waals surface area (Å²) < 4.78 is 0. The largest absolute Gasteiger partial charge is 0.508 e. The smallest absolute Gasteiger partial charge is 0.256 e. The standard InChI is InChI=1S/C18H21N3O2S/c1-3-21-7-6-11-14(9-21)24-18-15(11)17(23)19-16(20-18)12-8-10(2)4-5-13(12)22/h4-5,8,16,20,22H,3,6-7,9H2,1-2H3,(H,19,23). The second-order valence-corrected chi connectivity index (χ2v) is 7.54. The van der Waals surface area contributed by atoms with Crippen LogP contribution in [-0.4, -0.2) is 29.0 Å². The fourth-order valence-electron chi connectivity index (χ4n) is 3.50. The van der Waals surface area contributed by atoms with Crippen molar-refractivity contribution in [3.63, 3.8) is 0 Å². The van der Waals surface area contributed by atoms with Crippen molar-refractivity contribution in [1.82, 2.24) is 10.2 Å². The number of thiophene rings is 1. The fourth-order valence-corrected chi connectivity index (χ4v) is 4.81. The maximum Gasteiger partial charge on any atom is 0.256 e. The van der Waals surface area contributed by atoms with Crippen LogP contribution in [0.5, 0.6) is 5.75 Å². The van der Waals surface area contributed by atoms with Gasteiger partial charge in [0.15, 0.2) is 0 Å². The highest BCUT2D eigenvalue weighted by Gasteiger charge is 2.33. The summed E-state index contributed by atoms with van der Waals surface area (Å²) in [4.78, 5) is 16.4. The van der Waals surface area contributed by atoms with E-state index in [0.29, 0.717) is 5.56 Å². The second kappa shape index (κ2) is 5.79. The number of phenolic OH excluding ortho intramolecular Hbond substituents is 1. The number of fused-ring (bicyclic) bond motifs is 3. The number of carbonyl (C=O) groups is 1. The summed E-state index contributed by atoms with van der Waals surface area (Å²) in [5, 5.41) is 17.5. The lowest BCUT2D eigenvalue weighted by Gasteiger charge is -2.28. The molecule has 5 nitrogen and oxygen atoms in total. The average molecular weight is 343 g/mol.